The molecule has 1 aromatic rings. The second kappa shape index (κ2) is 12.2. The summed E-state index contributed by atoms with van der Waals surface area (Å²) in [4.78, 5) is 12.0. The highest BCUT2D eigenvalue weighted by Gasteiger charge is 2.18. The molecule has 0 bridgehead atoms. The van der Waals surface area contributed by atoms with Gasteiger partial charge >= 0.3 is 0 Å². The van der Waals surface area contributed by atoms with E-state index in [9.17, 15) is 17.6 Å². The highest BCUT2D eigenvalue weighted by atomic mass is 32.2. The van der Waals surface area contributed by atoms with Gasteiger partial charge in [-0.3, -0.25) is 4.79 Å². The molecular formula is C21H33FN2O3S. The summed E-state index contributed by atoms with van der Waals surface area (Å²) in [7, 11) is -3.46. The first-order chi connectivity index (χ1) is 13.5. The van der Waals surface area contributed by atoms with Crippen molar-refractivity contribution in [3.63, 3.8) is 0 Å². The number of hydrogen-bond donors (Lipinski definition) is 2. The van der Waals surface area contributed by atoms with Gasteiger partial charge in [0.05, 0.1) is 5.75 Å². The van der Waals surface area contributed by atoms with Crippen molar-refractivity contribution in [2.24, 2.45) is 0 Å². The van der Waals surface area contributed by atoms with Crippen LogP contribution in [0.2, 0.25) is 0 Å². The van der Waals surface area contributed by atoms with Crippen molar-refractivity contribution in [3.05, 3.63) is 35.6 Å². The Hall–Kier alpha value is -1.47. The third-order valence-electron chi connectivity index (χ3n) is 5.21. The van der Waals surface area contributed by atoms with Crippen LogP contribution in [0.15, 0.2) is 24.3 Å². The summed E-state index contributed by atoms with van der Waals surface area (Å²) in [5, 5.41) is 2.59. The van der Waals surface area contributed by atoms with Crippen LogP contribution < -0.4 is 10.0 Å². The Kier molecular flexibility index (Phi) is 9.92. The van der Waals surface area contributed by atoms with Crippen molar-refractivity contribution in [2.45, 2.75) is 76.7 Å². The van der Waals surface area contributed by atoms with Crippen LogP contribution in [-0.2, 0) is 10.0 Å². The molecule has 28 heavy (non-hydrogen) atoms. The monoisotopic (exact) mass is 412 g/mol. The molecule has 0 saturated heterocycles. The summed E-state index contributed by atoms with van der Waals surface area (Å²) in [6, 6.07) is 5.15. The number of carbonyl (C=O) groups excluding carboxylic acids is 1. The standard InChI is InChI=1S/C21H33FN2O3S/c22-19-14-12-18(13-15-19)21(25)23-16-17-28(26,27)24-20-10-8-6-4-2-1-3-5-7-9-11-20/h12-15,20,24H,1-11,16-17H2,(H,23,25). The lowest BCUT2D eigenvalue weighted by Crippen LogP contribution is -2.39. The molecule has 158 valence electrons. The predicted octanol–water partition coefficient (Wildman–Crippen LogP) is 4.15. The van der Waals surface area contributed by atoms with Crippen molar-refractivity contribution in [3.8, 4) is 0 Å². The number of benzene rings is 1. The van der Waals surface area contributed by atoms with Crippen molar-refractivity contribution >= 4 is 15.9 Å². The van der Waals surface area contributed by atoms with Crippen molar-refractivity contribution in [1.29, 1.82) is 0 Å². The molecule has 0 radical (unpaired) electrons. The lowest BCUT2D eigenvalue weighted by Gasteiger charge is -2.19. The van der Waals surface area contributed by atoms with Gasteiger partial charge in [0.1, 0.15) is 5.82 Å². The number of hydrogen-bond acceptors (Lipinski definition) is 3. The molecule has 2 rings (SSSR count). The number of sulfonamides is 1. The van der Waals surface area contributed by atoms with Gasteiger partial charge in [0.15, 0.2) is 0 Å². The molecule has 1 fully saturated rings. The molecule has 7 heteroatoms. The Morgan fingerprint density at radius 2 is 1.39 bits per heavy atom. The molecule has 0 aliphatic heterocycles. The van der Waals surface area contributed by atoms with Crippen LogP contribution in [0.1, 0.15) is 81.0 Å². The number of halogens is 1. The van der Waals surface area contributed by atoms with E-state index in [0.717, 1.165) is 38.5 Å². The van der Waals surface area contributed by atoms with Gasteiger partial charge in [-0.15, -0.1) is 0 Å². The number of amides is 1. The molecule has 0 spiro atoms. The first-order valence-corrected chi connectivity index (χ1v) is 12.2. The van der Waals surface area contributed by atoms with Crippen LogP contribution in [-0.4, -0.2) is 32.7 Å². The average molecular weight is 413 g/mol. The smallest absolute Gasteiger partial charge is 0.251 e. The van der Waals surface area contributed by atoms with Gasteiger partial charge in [0.2, 0.25) is 10.0 Å². The molecule has 5 nitrogen and oxygen atoms in total. The Labute approximate surface area is 168 Å². The maximum Gasteiger partial charge on any atom is 0.251 e. The zero-order valence-electron chi connectivity index (χ0n) is 16.6. The summed E-state index contributed by atoms with van der Waals surface area (Å²) in [5.74, 6) is -0.974. The van der Waals surface area contributed by atoms with Gasteiger partial charge in [0.25, 0.3) is 5.91 Å². The Balaban J connectivity index is 1.78. The van der Waals surface area contributed by atoms with Crippen LogP contribution in [0.25, 0.3) is 0 Å². The quantitative estimate of drug-likeness (QED) is 0.737. The largest absolute Gasteiger partial charge is 0.351 e. The summed E-state index contributed by atoms with van der Waals surface area (Å²) in [5.41, 5.74) is 0.311. The molecule has 0 heterocycles. The molecule has 1 amide bonds. The van der Waals surface area contributed by atoms with Gasteiger partial charge in [-0.2, -0.15) is 0 Å². The van der Waals surface area contributed by atoms with Crippen molar-refractivity contribution in [1.82, 2.24) is 10.0 Å². The minimum atomic E-state index is -3.46. The molecular weight excluding hydrogens is 379 g/mol. The van der Waals surface area contributed by atoms with Crippen molar-refractivity contribution < 1.29 is 17.6 Å². The van der Waals surface area contributed by atoms with E-state index in [4.69, 9.17) is 0 Å². The van der Waals surface area contributed by atoms with E-state index in [1.165, 1.54) is 56.4 Å². The lowest BCUT2D eigenvalue weighted by atomic mass is 9.98. The molecule has 1 saturated carbocycles. The number of rotatable bonds is 6. The highest BCUT2D eigenvalue weighted by molar-refractivity contribution is 7.89. The summed E-state index contributed by atoms with van der Waals surface area (Å²) >= 11 is 0. The van der Waals surface area contributed by atoms with E-state index in [-0.39, 0.29) is 18.3 Å². The molecule has 0 unspecified atom stereocenters. The number of carbonyl (C=O) groups is 1. The van der Waals surface area contributed by atoms with Crippen LogP contribution >= 0.6 is 0 Å². The van der Waals surface area contributed by atoms with E-state index in [1.54, 1.807) is 0 Å². The normalized spacial score (nSPS) is 18.0. The Bertz CT molecular complexity index is 680. The lowest BCUT2D eigenvalue weighted by molar-refractivity contribution is 0.0956. The molecule has 0 aromatic heterocycles. The first-order valence-electron chi connectivity index (χ1n) is 10.5. The zero-order chi connectivity index (χ0) is 20.2. The summed E-state index contributed by atoms with van der Waals surface area (Å²) in [6.45, 7) is 0.0261. The van der Waals surface area contributed by atoms with E-state index < -0.39 is 21.7 Å². The second-order valence-electron chi connectivity index (χ2n) is 7.66. The SMILES string of the molecule is O=C(NCCS(=O)(=O)NC1CCCCCCCCCCC1)c1ccc(F)cc1. The van der Waals surface area contributed by atoms with Gasteiger partial charge in [0, 0.05) is 18.2 Å². The molecule has 2 N–H and O–H groups in total. The summed E-state index contributed by atoms with van der Waals surface area (Å²) in [6.07, 6.45) is 12.5. The van der Waals surface area contributed by atoms with Crippen LogP contribution in [0.3, 0.4) is 0 Å². The van der Waals surface area contributed by atoms with Crippen LogP contribution in [0.5, 0.6) is 0 Å². The Morgan fingerprint density at radius 1 is 0.893 bits per heavy atom. The fourth-order valence-corrected chi connectivity index (χ4v) is 4.83. The van der Waals surface area contributed by atoms with Crippen LogP contribution in [0, 0.1) is 5.82 Å². The number of nitrogens with one attached hydrogen (secondary N) is 2. The van der Waals surface area contributed by atoms with Gasteiger partial charge in [-0.05, 0) is 37.1 Å². The predicted molar refractivity (Wildman–Crippen MR) is 110 cm³/mol. The third-order valence-corrected chi connectivity index (χ3v) is 6.65. The van der Waals surface area contributed by atoms with Gasteiger partial charge < -0.3 is 5.32 Å². The maximum atomic E-state index is 12.9. The van der Waals surface area contributed by atoms with E-state index in [1.807, 2.05) is 0 Å². The minimum absolute atomic E-state index is 0.0165. The third kappa shape index (κ3) is 9.15. The van der Waals surface area contributed by atoms with Crippen molar-refractivity contribution in [2.75, 3.05) is 12.3 Å². The average Bonchev–Trinajstić information content (AvgIpc) is 2.64. The highest BCUT2D eigenvalue weighted by Crippen LogP contribution is 2.17. The van der Waals surface area contributed by atoms with Crippen LogP contribution in [0.4, 0.5) is 4.39 Å². The fraction of sp³-hybridized carbons (Fsp3) is 0.667. The molecule has 0 atom stereocenters. The topological polar surface area (TPSA) is 75.3 Å². The van der Waals surface area contributed by atoms with E-state index >= 15 is 0 Å². The first kappa shape index (κ1) is 22.8. The fourth-order valence-electron chi connectivity index (χ4n) is 3.60. The minimum Gasteiger partial charge on any atom is -0.351 e. The van der Waals surface area contributed by atoms with E-state index in [0.29, 0.717) is 5.56 Å². The van der Waals surface area contributed by atoms with Gasteiger partial charge in [-0.1, -0.05) is 57.8 Å². The molecule has 1 aliphatic rings. The Morgan fingerprint density at radius 3 is 1.93 bits per heavy atom. The maximum absolute atomic E-state index is 12.9. The summed E-state index contributed by atoms with van der Waals surface area (Å²) < 4.78 is 40.6. The molecule has 1 aliphatic carbocycles. The van der Waals surface area contributed by atoms with Gasteiger partial charge in [-0.25, -0.2) is 17.5 Å². The zero-order valence-corrected chi connectivity index (χ0v) is 17.4. The second-order valence-corrected chi connectivity index (χ2v) is 9.53. The molecule has 1 aromatic carbocycles. The van der Waals surface area contributed by atoms with E-state index in [2.05, 4.69) is 10.0 Å².